The number of benzene rings is 1. The van der Waals surface area contributed by atoms with Crippen molar-refractivity contribution in [2.75, 3.05) is 13.1 Å². The molecule has 0 aromatic heterocycles. The predicted octanol–water partition coefficient (Wildman–Crippen LogP) is 0.783. The first-order valence-electron chi connectivity index (χ1n) is 6.67. The molecule has 0 heterocycles. The molecule has 5 nitrogen and oxygen atoms in total. The van der Waals surface area contributed by atoms with E-state index in [9.17, 15) is 14.7 Å². The van der Waals surface area contributed by atoms with Crippen LogP contribution in [-0.2, 0) is 15.2 Å². The van der Waals surface area contributed by atoms with E-state index in [1.807, 2.05) is 19.9 Å². The van der Waals surface area contributed by atoms with Crippen LogP contribution in [0.4, 0.5) is 0 Å². The monoisotopic (exact) mass is 278 g/mol. The maximum Gasteiger partial charge on any atom is 0.309 e. The van der Waals surface area contributed by atoms with Crippen LogP contribution in [0.2, 0.25) is 0 Å². The van der Waals surface area contributed by atoms with Gasteiger partial charge in [-0.25, -0.2) is 0 Å². The van der Waals surface area contributed by atoms with Gasteiger partial charge in [-0.2, -0.15) is 0 Å². The number of carbonyl (C=O) groups is 2. The number of hydrogen-bond donors (Lipinski definition) is 3. The molecule has 0 saturated heterocycles. The van der Waals surface area contributed by atoms with Gasteiger partial charge in [0.05, 0.1) is 6.54 Å². The largest absolute Gasteiger partial charge is 0.384 e. The Hall–Kier alpha value is -1.88. The van der Waals surface area contributed by atoms with Gasteiger partial charge in [0, 0.05) is 6.54 Å². The molecule has 1 atom stereocenters. The quantitative estimate of drug-likeness (QED) is 0.697. The van der Waals surface area contributed by atoms with Crippen LogP contribution in [0.1, 0.15) is 26.3 Å². The Morgan fingerprint density at radius 3 is 2.25 bits per heavy atom. The standard InChI is InChI=1S/C15H22N2O3/c1-11(2)9-16-13(18)14(19)17-10-15(3,20)12-7-5-4-6-8-12/h4-8,11,20H,9-10H2,1-3H3,(H,16,18)(H,17,19). The normalized spacial score (nSPS) is 13.7. The van der Waals surface area contributed by atoms with Crippen LogP contribution >= 0.6 is 0 Å². The predicted molar refractivity (Wildman–Crippen MR) is 76.9 cm³/mol. The van der Waals surface area contributed by atoms with Crippen molar-refractivity contribution in [1.82, 2.24) is 10.6 Å². The number of aliphatic hydroxyl groups is 1. The topological polar surface area (TPSA) is 78.4 Å². The molecule has 1 aromatic carbocycles. The second kappa shape index (κ2) is 7.05. The van der Waals surface area contributed by atoms with Crippen molar-refractivity contribution >= 4 is 11.8 Å². The van der Waals surface area contributed by atoms with Gasteiger partial charge in [-0.3, -0.25) is 9.59 Å². The molecule has 2 amide bonds. The fraction of sp³-hybridized carbons (Fsp3) is 0.467. The molecule has 5 heteroatoms. The van der Waals surface area contributed by atoms with Gasteiger partial charge in [-0.05, 0) is 18.4 Å². The van der Waals surface area contributed by atoms with Gasteiger partial charge in [0.1, 0.15) is 5.60 Å². The molecule has 0 saturated carbocycles. The van der Waals surface area contributed by atoms with Gasteiger partial charge < -0.3 is 15.7 Å². The maximum absolute atomic E-state index is 11.6. The lowest BCUT2D eigenvalue weighted by Gasteiger charge is -2.24. The van der Waals surface area contributed by atoms with E-state index in [0.717, 1.165) is 0 Å². The molecular weight excluding hydrogens is 256 g/mol. The minimum Gasteiger partial charge on any atom is -0.384 e. The zero-order chi connectivity index (χ0) is 15.2. The van der Waals surface area contributed by atoms with E-state index in [0.29, 0.717) is 12.1 Å². The zero-order valence-electron chi connectivity index (χ0n) is 12.1. The van der Waals surface area contributed by atoms with Crippen molar-refractivity contribution in [2.45, 2.75) is 26.4 Å². The van der Waals surface area contributed by atoms with E-state index < -0.39 is 17.4 Å². The average Bonchev–Trinajstić information content (AvgIpc) is 2.43. The van der Waals surface area contributed by atoms with Crippen LogP contribution in [-0.4, -0.2) is 30.0 Å². The van der Waals surface area contributed by atoms with Crippen LogP contribution in [0.5, 0.6) is 0 Å². The van der Waals surface area contributed by atoms with Gasteiger partial charge >= 0.3 is 11.8 Å². The van der Waals surface area contributed by atoms with Crippen LogP contribution in [0.15, 0.2) is 30.3 Å². The first-order valence-corrected chi connectivity index (χ1v) is 6.67. The third-order valence-corrected chi connectivity index (χ3v) is 2.87. The van der Waals surface area contributed by atoms with Crippen molar-refractivity contribution < 1.29 is 14.7 Å². The lowest BCUT2D eigenvalue weighted by molar-refractivity contribution is -0.139. The van der Waals surface area contributed by atoms with Gasteiger partial charge in [0.2, 0.25) is 0 Å². The highest BCUT2D eigenvalue weighted by Gasteiger charge is 2.25. The molecule has 0 fully saturated rings. The first-order chi connectivity index (χ1) is 9.33. The van der Waals surface area contributed by atoms with E-state index in [1.165, 1.54) is 0 Å². The molecule has 0 aliphatic carbocycles. The summed E-state index contributed by atoms with van der Waals surface area (Å²) < 4.78 is 0. The number of rotatable bonds is 5. The van der Waals surface area contributed by atoms with Crippen LogP contribution < -0.4 is 10.6 Å². The third-order valence-electron chi connectivity index (χ3n) is 2.87. The molecule has 20 heavy (non-hydrogen) atoms. The van der Waals surface area contributed by atoms with Gasteiger partial charge in [0.25, 0.3) is 0 Å². The smallest absolute Gasteiger partial charge is 0.309 e. The first kappa shape index (κ1) is 16.2. The summed E-state index contributed by atoms with van der Waals surface area (Å²) in [5.41, 5.74) is -0.530. The lowest BCUT2D eigenvalue weighted by atomic mass is 9.96. The van der Waals surface area contributed by atoms with Crippen LogP contribution in [0, 0.1) is 5.92 Å². The fourth-order valence-corrected chi connectivity index (χ4v) is 1.61. The maximum atomic E-state index is 11.6. The molecule has 0 radical (unpaired) electrons. The van der Waals surface area contributed by atoms with Crippen molar-refractivity contribution in [1.29, 1.82) is 0 Å². The molecule has 1 unspecified atom stereocenters. The van der Waals surface area contributed by atoms with E-state index in [1.54, 1.807) is 31.2 Å². The van der Waals surface area contributed by atoms with E-state index >= 15 is 0 Å². The Bertz CT molecular complexity index is 455. The SMILES string of the molecule is CC(C)CNC(=O)C(=O)NCC(C)(O)c1ccccc1. The number of nitrogens with one attached hydrogen (secondary N) is 2. The van der Waals surface area contributed by atoms with E-state index in [4.69, 9.17) is 0 Å². The van der Waals surface area contributed by atoms with E-state index in [2.05, 4.69) is 10.6 Å². The molecule has 0 spiro atoms. The van der Waals surface area contributed by atoms with Crippen molar-refractivity contribution in [3.8, 4) is 0 Å². The summed E-state index contributed by atoms with van der Waals surface area (Å²) in [4.78, 5) is 23.1. The number of hydrogen-bond acceptors (Lipinski definition) is 3. The molecule has 0 aliphatic heterocycles. The minimum absolute atomic E-state index is 0.0229. The summed E-state index contributed by atoms with van der Waals surface area (Å²) in [5.74, 6) is -1.14. The molecule has 1 rings (SSSR count). The van der Waals surface area contributed by atoms with Crippen molar-refractivity contribution in [2.24, 2.45) is 5.92 Å². The molecular formula is C15H22N2O3. The highest BCUT2D eigenvalue weighted by atomic mass is 16.3. The summed E-state index contributed by atoms with van der Waals surface area (Å²) in [5, 5.41) is 15.3. The highest BCUT2D eigenvalue weighted by Crippen LogP contribution is 2.18. The Labute approximate surface area is 119 Å². The Kier molecular flexibility index (Phi) is 5.70. The molecule has 0 bridgehead atoms. The fourth-order valence-electron chi connectivity index (χ4n) is 1.61. The zero-order valence-corrected chi connectivity index (χ0v) is 12.1. The third kappa shape index (κ3) is 5.01. The minimum atomic E-state index is -1.21. The lowest BCUT2D eigenvalue weighted by Crippen LogP contribution is -2.46. The number of amides is 2. The molecule has 1 aromatic rings. The van der Waals surface area contributed by atoms with Crippen LogP contribution in [0.25, 0.3) is 0 Å². The molecule has 0 aliphatic rings. The van der Waals surface area contributed by atoms with Crippen molar-refractivity contribution in [3.05, 3.63) is 35.9 Å². The second-order valence-corrected chi connectivity index (χ2v) is 5.43. The van der Waals surface area contributed by atoms with Crippen LogP contribution in [0.3, 0.4) is 0 Å². The van der Waals surface area contributed by atoms with Gasteiger partial charge in [-0.1, -0.05) is 44.2 Å². The molecule has 110 valence electrons. The van der Waals surface area contributed by atoms with Crippen molar-refractivity contribution in [3.63, 3.8) is 0 Å². The summed E-state index contributed by atoms with van der Waals surface area (Å²) in [6, 6.07) is 9.00. The van der Waals surface area contributed by atoms with Gasteiger partial charge in [-0.15, -0.1) is 0 Å². The number of carbonyl (C=O) groups excluding carboxylic acids is 2. The summed E-state index contributed by atoms with van der Waals surface area (Å²) in [6.07, 6.45) is 0. The molecule has 3 N–H and O–H groups in total. The Morgan fingerprint density at radius 2 is 1.70 bits per heavy atom. The summed E-state index contributed by atoms with van der Waals surface area (Å²) in [7, 11) is 0. The van der Waals surface area contributed by atoms with Gasteiger partial charge in [0.15, 0.2) is 0 Å². The Morgan fingerprint density at radius 1 is 1.15 bits per heavy atom. The summed E-state index contributed by atoms with van der Waals surface area (Å²) >= 11 is 0. The summed E-state index contributed by atoms with van der Waals surface area (Å²) in [6.45, 7) is 5.90. The van der Waals surface area contributed by atoms with E-state index in [-0.39, 0.29) is 12.5 Å². The Balaban J connectivity index is 2.50. The second-order valence-electron chi connectivity index (χ2n) is 5.43. The highest BCUT2D eigenvalue weighted by molar-refractivity contribution is 6.35. The average molecular weight is 278 g/mol.